The smallest absolute Gasteiger partial charge is 0.299 e. The van der Waals surface area contributed by atoms with E-state index in [0.717, 1.165) is 17.7 Å². The van der Waals surface area contributed by atoms with Gasteiger partial charge in [-0.25, -0.2) is 4.99 Å². The van der Waals surface area contributed by atoms with Crippen LogP contribution in [0.1, 0.15) is 6.42 Å². The molecule has 3 nitrogen and oxygen atoms in total. The zero-order chi connectivity index (χ0) is 8.39. The van der Waals surface area contributed by atoms with Crippen LogP contribution in [-0.2, 0) is 9.53 Å². The molecule has 0 atom stereocenters. The fraction of sp³-hybridized carbons (Fsp3) is 0.111. The lowest BCUT2D eigenvalue weighted by atomic mass is 10.1. The lowest BCUT2D eigenvalue weighted by molar-refractivity contribution is -0.125. The van der Waals surface area contributed by atoms with Crippen molar-refractivity contribution in [1.82, 2.24) is 0 Å². The van der Waals surface area contributed by atoms with Crippen LogP contribution in [0.5, 0.6) is 0 Å². The van der Waals surface area contributed by atoms with E-state index in [1.165, 1.54) is 0 Å². The summed E-state index contributed by atoms with van der Waals surface area (Å²) in [6, 6.07) is 0. The molecule has 0 aromatic rings. The highest BCUT2D eigenvalue weighted by atomic mass is 16.5. The Balaban J connectivity index is 2.27. The van der Waals surface area contributed by atoms with Crippen LogP contribution in [0.2, 0.25) is 0 Å². The van der Waals surface area contributed by atoms with Crippen LogP contribution in [0, 0.1) is 0 Å². The Kier molecular flexibility index (Phi) is 1.63. The number of aliphatic imine (C=N–C) groups is 1. The Hall–Kier alpha value is -1.64. The van der Waals surface area contributed by atoms with Gasteiger partial charge in [0.25, 0.3) is 6.47 Å². The van der Waals surface area contributed by atoms with E-state index in [-0.39, 0.29) is 0 Å². The number of carbonyl (C=O) groups excluding carboxylic acids is 1. The van der Waals surface area contributed by atoms with E-state index in [0.29, 0.717) is 12.4 Å². The monoisotopic (exact) mass is 161 g/mol. The molecule has 2 rings (SSSR count). The second-order valence-electron chi connectivity index (χ2n) is 2.49. The van der Waals surface area contributed by atoms with Gasteiger partial charge in [0.1, 0.15) is 0 Å². The van der Waals surface area contributed by atoms with Gasteiger partial charge in [0, 0.05) is 11.6 Å². The first-order valence-electron chi connectivity index (χ1n) is 3.68. The van der Waals surface area contributed by atoms with Crippen molar-refractivity contribution in [1.29, 1.82) is 0 Å². The Labute approximate surface area is 69.7 Å². The van der Waals surface area contributed by atoms with Gasteiger partial charge in [0.15, 0.2) is 0 Å². The van der Waals surface area contributed by atoms with Crippen molar-refractivity contribution in [2.45, 2.75) is 6.42 Å². The normalized spacial score (nSPS) is 19.2. The molecular formula is C9H7NO2. The molecule has 12 heavy (non-hydrogen) atoms. The maximum Gasteiger partial charge on any atom is 0.299 e. The van der Waals surface area contributed by atoms with Crippen molar-refractivity contribution in [3.05, 3.63) is 35.8 Å². The Bertz CT molecular complexity index is 334. The zero-order valence-electron chi connectivity index (χ0n) is 6.36. The molecule has 0 amide bonds. The molecule has 0 spiro atoms. The molecule has 1 aliphatic carbocycles. The maximum absolute atomic E-state index is 10.00. The van der Waals surface area contributed by atoms with Crippen molar-refractivity contribution in [2.75, 3.05) is 0 Å². The van der Waals surface area contributed by atoms with E-state index < -0.39 is 0 Å². The summed E-state index contributed by atoms with van der Waals surface area (Å²) in [7, 11) is 0. The summed E-state index contributed by atoms with van der Waals surface area (Å²) in [6.45, 7) is 0.386. The number of hydrogen-bond donors (Lipinski definition) is 0. The fourth-order valence-corrected chi connectivity index (χ4v) is 1.20. The van der Waals surface area contributed by atoms with E-state index in [2.05, 4.69) is 9.73 Å². The molecule has 0 radical (unpaired) electrons. The largest absolute Gasteiger partial charge is 0.410 e. The number of nitrogens with zero attached hydrogens (tertiary/aromatic N) is 1. The lowest BCUT2D eigenvalue weighted by Gasteiger charge is -1.99. The molecule has 0 fully saturated rings. The molecule has 0 unspecified atom stereocenters. The van der Waals surface area contributed by atoms with Crippen LogP contribution in [0.3, 0.4) is 0 Å². The molecule has 2 aliphatic rings. The number of rotatable bonds is 2. The van der Waals surface area contributed by atoms with Gasteiger partial charge in [-0.2, -0.15) is 0 Å². The number of hydrogen-bond acceptors (Lipinski definition) is 3. The van der Waals surface area contributed by atoms with E-state index in [1.54, 1.807) is 6.08 Å². The molecule has 0 saturated heterocycles. The third kappa shape index (κ3) is 1.09. The number of carbonyl (C=O) groups is 1. The molecule has 0 aromatic heterocycles. The van der Waals surface area contributed by atoms with Crippen LogP contribution in [0.25, 0.3) is 0 Å². The topological polar surface area (TPSA) is 38.7 Å². The Morgan fingerprint density at radius 2 is 2.50 bits per heavy atom. The van der Waals surface area contributed by atoms with Crippen molar-refractivity contribution in [3.8, 4) is 0 Å². The van der Waals surface area contributed by atoms with E-state index in [1.807, 2.05) is 18.2 Å². The second kappa shape index (κ2) is 2.77. The van der Waals surface area contributed by atoms with Gasteiger partial charge in [-0.15, -0.1) is 0 Å². The number of fused-ring (bicyclic) bond motifs is 1. The second-order valence-corrected chi connectivity index (χ2v) is 2.49. The molecule has 60 valence electrons. The molecule has 0 aromatic carbocycles. The quantitative estimate of drug-likeness (QED) is 0.573. The average molecular weight is 161 g/mol. The van der Waals surface area contributed by atoms with Gasteiger partial charge < -0.3 is 4.74 Å². The first-order chi connectivity index (χ1) is 5.90. The number of ether oxygens (including phenoxy) is 1. The minimum atomic E-state index is 0.373. The Morgan fingerprint density at radius 1 is 1.58 bits per heavy atom. The minimum absolute atomic E-state index is 0.373. The molecule has 0 bridgehead atoms. The van der Waals surface area contributed by atoms with Crippen molar-refractivity contribution in [3.63, 3.8) is 0 Å². The van der Waals surface area contributed by atoms with E-state index >= 15 is 0 Å². The third-order valence-electron chi connectivity index (χ3n) is 1.72. The fourth-order valence-electron chi connectivity index (χ4n) is 1.20. The molecule has 1 aliphatic heterocycles. The van der Waals surface area contributed by atoms with Crippen LogP contribution in [0.15, 0.2) is 40.8 Å². The maximum atomic E-state index is 10.00. The number of allylic oxidation sites excluding steroid dienone is 5. The van der Waals surface area contributed by atoms with Crippen molar-refractivity contribution < 1.29 is 9.53 Å². The average Bonchev–Trinajstić information content (AvgIpc) is 2.47. The summed E-state index contributed by atoms with van der Waals surface area (Å²) < 4.78 is 4.61. The van der Waals surface area contributed by atoms with Crippen molar-refractivity contribution >= 4 is 12.2 Å². The zero-order valence-corrected chi connectivity index (χ0v) is 6.36. The molecular weight excluding hydrogens is 154 g/mol. The summed E-state index contributed by atoms with van der Waals surface area (Å²) in [4.78, 5) is 14.1. The van der Waals surface area contributed by atoms with Crippen LogP contribution in [-0.4, -0.2) is 12.2 Å². The van der Waals surface area contributed by atoms with Gasteiger partial charge in [0.05, 0.1) is 5.71 Å². The highest BCUT2D eigenvalue weighted by Gasteiger charge is 2.14. The van der Waals surface area contributed by atoms with Gasteiger partial charge in [0.2, 0.25) is 5.88 Å². The molecule has 0 N–H and O–H groups in total. The predicted molar refractivity (Wildman–Crippen MR) is 44.5 cm³/mol. The third-order valence-corrected chi connectivity index (χ3v) is 1.72. The first-order valence-corrected chi connectivity index (χ1v) is 3.68. The first kappa shape index (κ1) is 7.03. The van der Waals surface area contributed by atoms with Gasteiger partial charge >= 0.3 is 0 Å². The van der Waals surface area contributed by atoms with E-state index in [4.69, 9.17) is 0 Å². The highest BCUT2D eigenvalue weighted by molar-refractivity contribution is 6.13. The van der Waals surface area contributed by atoms with Gasteiger partial charge in [-0.05, 0) is 12.5 Å². The summed E-state index contributed by atoms with van der Waals surface area (Å²) in [5.41, 5.74) is 1.91. The van der Waals surface area contributed by atoms with Crippen LogP contribution in [0.4, 0.5) is 0 Å². The SMILES string of the molecule is O=COC1=CC2=CCC=CC2=N1. The summed E-state index contributed by atoms with van der Waals surface area (Å²) in [6.07, 6.45) is 8.65. The summed E-state index contributed by atoms with van der Waals surface area (Å²) in [5, 5.41) is 0. The molecule has 3 heteroatoms. The van der Waals surface area contributed by atoms with Gasteiger partial charge in [-0.1, -0.05) is 12.2 Å². The van der Waals surface area contributed by atoms with E-state index in [9.17, 15) is 4.79 Å². The van der Waals surface area contributed by atoms with Gasteiger partial charge in [-0.3, -0.25) is 4.79 Å². The van der Waals surface area contributed by atoms with Crippen LogP contribution >= 0.6 is 0 Å². The van der Waals surface area contributed by atoms with Crippen LogP contribution < -0.4 is 0 Å². The highest BCUT2D eigenvalue weighted by Crippen LogP contribution is 2.20. The predicted octanol–water partition coefficient (Wildman–Crippen LogP) is 1.34. The lowest BCUT2D eigenvalue weighted by Crippen LogP contribution is -1.95. The standard InChI is InChI=1S/C9H7NO2/c11-6-12-9-5-7-3-1-2-4-8(7)10-9/h2-6H,1H2. The Morgan fingerprint density at radius 3 is 3.25 bits per heavy atom. The molecule has 1 heterocycles. The minimum Gasteiger partial charge on any atom is -0.410 e. The molecule has 0 saturated carbocycles. The van der Waals surface area contributed by atoms with Crippen molar-refractivity contribution in [2.24, 2.45) is 4.99 Å². The summed E-state index contributed by atoms with van der Waals surface area (Å²) in [5.74, 6) is 0.373. The summed E-state index contributed by atoms with van der Waals surface area (Å²) >= 11 is 0.